The van der Waals surface area contributed by atoms with Crippen molar-refractivity contribution in [2.45, 2.75) is 25.8 Å². The van der Waals surface area contributed by atoms with Gasteiger partial charge in [-0.25, -0.2) is 0 Å². The van der Waals surface area contributed by atoms with E-state index in [2.05, 4.69) is 25.5 Å². The number of carbonyl (C=O) groups excluding carboxylic acids is 1. The molecule has 1 saturated heterocycles. The Bertz CT molecular complexity index is 368. The summed E-state index contributed by atoms with van der Waals surface area (Å²) in [5.74, 6) is 0.0875. The van der Waals surface area contributed by atoms with E-state index in [9.17, 15) is 4.79 Å². The van der Waals surface area contributed by atoms with Crippen LogP contribution in [0.1, 0.15) is 28.2 Å². The van der Waals surface area contributed by atoms with Crippen molar-refractivity contribution < 1.29 is 4.79 Å². The third-order valence-electron chi connectivity index (χ3n) is 2.66. The maximum Gasteiger partial charge on any atom is 0.267 e. The molecular weight excluding hydrogens is 278 g/mol. The lowest BCUT2D eigenvalue weighted by atomic mass is 10.2. The number of hydrogen-bond acceptors (Lipinski definition) is 4. The van der Waals surface area contributed by atoms with E-state index in [1.807, 2.05) is 11.8 Å². The molecule has 6 heteroatoms. The molecule has 0 saturated carbocycles. The van der Waals surface area contributed by atoms with Crippen molar-refractivity contribution in [1.82, 2.24) is 14.5 Å². The number of halogens is 1. The Labute approximate surface area is 101 Å². The van der Waals surface area contributed by atoms with Gasteiger partial charge < -0.3 is 4.90 Å². The van der Waals surface area contributed by atoms with Crippen LogP contribution in [0.5, 0.6) is 0 Å². The minimum atomic E-state index is 0.0875. The van der Waals surface area contributed by atoms with Crippen LogP contribution < -0.4 is 0 Å². The number of amides is 1. The SMILES string of the molecule is Cc1nnsc1C(=O)N1CCCC1CBr. The second-order valence-electron chi connectivity index (χ2n) is 3.64. The summed E-state index contributed by atoms with van der Waals surface area (Å²) in [7, 11) is 0. The lowest BCUT2D eigenvalue weighted by molar-refractivity contribution is 0.0754. The second-order valence-corrected chi connectivity index (χ2v) is 5.04. The monoisotopic (exact) mass is 289 g/mol. The van der Waals surface area contributed by atoms with E-state index < -0.39 is 0 Å². The fourth-order valence-electron chi connectivity index (χ4n) is 1.82. The summed E-state index contributed by atoms with van der Waals surface area (Å²) >= 11 is 4.63. The Morgan fingerprint density at radius 2 is 2.53 bits per heavy atom. The van der Waals surface area contributed by atoms with Crippen LogP contribution >= 0.6 is 27.5 Å². The van der Waals surface area contributed by atoms with E-state index in [1.54, 1.807) is 0 Å². The molecule has 82 valence electrons. The van der Waals surface area contributed by atoms with Gasteiger partial charge in [0.05, 0.1) is 5.69 Å². The maximum absolute atomic E-state index is 12.1. The zero-order valence-corrected chi connectivity index (χ0v) is 10.8. The van der Waals surface area contributed by atoms with Crippen LogP contribution in [0.2, 0.25) is 0 Å². The second kappa shape index (κ2) is 4.57. The number of alkyl halides is 1. The van der Waals surface area contributed by atoms with Crippen molar-refractivity contribution >= 4 is 33.4 Å². The molecule has 1 atom stereocenters. The molecule has 1 aliphatic heterocycles. The summed E-state index contributed by atoms with van der Waals surface area (Å²) in [6.45, 7) is 2.68. The number of carbonyl (C=O) groups is 1. The summed E-state index contributed by atoms with van der Waals surface area (Å²) in [5.41, 5.74) is 0.741. The third-order valence-corrected chi connectivity index (χ3v) is 4.23. The molecule has 2 rings (SSSR count). The Morgan fingerprint density at radius 1 is 1.73 bits per heavy atom. The molecule has 1 aromatic rings. The van der Waals surface area contributed by atoms with Crippen molar-refractivity contribution in [1.29, 1.82) is 0 Å². The highest BCUT2D eigenvalue weighted by Gasteiger charge is 2.30. The van der Waals surface area contributed by atoms with Crippen LogP contribution in [0, 0.1) is 6.92 Å². The first kappa shape index (κ1) is 11.0. The van der Waals surface area contributed by atoms with Gasteiger partial charge in [0.15, 0.2) is 0 Å². The number of nitrogens with zero attached hydrogens (tertiary/aromatic N) is 3. The highest BCUT2D eigenvalue weighted by atomic mass is 79.9. The lowest BCUT2D eigenvalue weighted by Crippen LogP contribution is -2.36. The van der Waals surface area contributed by atoms with Gasteiger partial charge in [-0.1, -0.05) is 20.4 Å². The van der Waals surface area contributed by atoms with E-state index in [1.165, 1.54) is 11.5 Å². The van der Waals surface area contributed by atoms with Crippen LogP contribution in [-0.2, 0) is 0 Å². The zero-order valence-electron chi connectivity index (χ0n) is 8.44. The summed E-state index contributed by atoms with van der Waals surface area (Å²) in [4.78, 5) is 14.7. The molecule has 0 N–H and O–H groups in total. The molecule has 0 spiro atoms. The standard InChI is InChI=1S/C9H12BrN3OS/c1-6-8(15-12-11-6)9(14)13-4-2-3-7(13)5-10/h7H,2-5H2,1H3. The first-order valence-electron chi connectivity index (χ1n) is 4.90. The molecule has 1 fully saturated rings. The molecule has 0 bridgehead atoms. The van der Waals surface area contributed by atoms with Gasteiger partial charge in [-0.3, -0.25) is 4.79 Å². The molecule has 0 aliphatic carbocycles. The van der Waals surface area contributed by atoms with E-state index >= 15 is 0 Å². The Hall–Kier alpha value is -0.490. The number of aromatic nitrogens is 2. The van der Waals surface area contributed by atoms with Crippen molar-refractivity contribution in [3.05, 3.63) is 10.6 Å². The van der Waals surface area contributed by atoms with E-state index in [0.717, 1.165) is 30.4 Å². The van der Waals surface area contributed by atoms with E-state index in [4.69, 9.17) is 0 Å². The first-order chi connectivity index (χ1) is 7.24. The van der Waals surface area contributed by atoms with Crippen LogP contribution in [0.4, 0.5) is 0 Å². The lowest BCUT2D eigenvalue weighted by Gasteiger charge is -2.22. The predicted molar refractivity (Wildman–Crippen MR) is 62.5 cm³/mol. The van der Waals surface area contributed by atoms with Crippen molar-refractivity contribution in [3.8, 4) is 0 Å². The number of rotatable bonds is 2. The van der Waals surface area contributed by atoms with E-state index in [-0.39, 0.29) is 5.91 Å². The van der Waals surface area contributed by atoms with Crippen molar-refractivity contribution in [3.63, 3.8) is 0 Å². The molecule has 15 heavy (non-hydrogen) atoms. The first-order valence-corrected chi connectivity index (χ1v) is 6.79. The minimum Gasteiger partial charge on any atom is -0.334 e. The summed E-state index contributed by atoms with van der Waals surface area (Å²) < 4.78 is 3.80. The Kier molecular flexibility index (Phi) is 3.35. The summed E-state index contributed by atoms with van der Waals surface area (Å²) in [6, 6.07) is 0.332. The quantitative estimate of drug-likeness (QED) is 0.781. The van der Waals surface area contributed by atoms with Crippen LogP contribution in [-0.4, -0.2) is 38.3 Å². The average Bonchev–Trinajstić information content (AvgIpc) is 2.84. The number of likely N-dealkylation sites (tertiary alicyclic amines) is 1. The van der Waals surface area contributed by atoms with Crippen molar-refractivity contribution in [2.24, 2.45) is 0 Å². The maximum atomic E-state index is 12.1. The molecule has 2 heterocycles. The van der Waals surface area contributed by atoms with Crippen LogP contribution in [0.3, 0.4) is 0 Å². The third kappa shape index (κ3) is 2.06. The molecule has 4 nitrogen and oxygen atoms in total. The molecule has 1 amide bonds. The van der Waals surface area contributed by atoms with E-state index in [0.29, 0.717) is 10.9 Å². The molecule has 0 radical (unpaired) electrons. The Morgan fingerprint density at radius 3 is 3.13 bits per heavy atom. The number of hydrogen-bond donors (Lipinski definition) is 0. The fourth-order valence-corrected chi connectivity index (χ4v) is 3.11. The van der Waals surface area contributed by atoms with Gasteiger partial charge in [0, 0.05) is 17.9 Å². The molecule has 1 aliphatic rings. The summed E-state index contributed by atoms with van der Waals surface area (Å²) in [5, 5.41) is 4.72. The molecule has 1 unspecified atom stereocenters. The largest absolute Gasteiger partial charge is 0.334 e. The molecular formula is C9H12BrN3OS. The predicted octanol–water partition coefficient (Wildman–Crippen LogP) is 1.85. The Balaban J connectivity index is 2.18. The normalized spacial score (nSPS) is 20.9. The number of aryl methyl sites for hydroxylation is 1. The van der Waals surface area contributed by atoms with Gasteiger partial charge in [-0.2, -0.15) is 0 Å². The smallest absolute Gasteiger partial charge is 0.267 e. The zero-order chi connectivity index (χ0) is 10.8. The van der Waals surface area contributed by atoms with Gasteiger partial charge in [-0.15, -0.1) is 5.10 Å². The van der Waals surface area contributed by atoms with Gasteiger partial charge in [-0.05, 0) is 31.3 Å². The highest BCUT2D eigenvalue weighted by molar-refractivity contribution is 9.09. The van der Waals surface area contributed by atoms with Crippen molar-refractivity contribution in [2.75, 3.05) is 11.9 Å². The fraction of sp³-hybridized carbons (Fsp3) is 0.667. The topological polar surface area (TPSA) is 46.1 Å². The average molecular weight is 290 g/mol. The molecule has 0 aromatic carbocycles. The van der Waals surface area contributed by atoms with Crippen LogP contribution in [0.25, 0.3) is 0 Å². The van der Waals surface area contributed by atoms with Gasteiger partial charge >= 0.3 is 0 Å². The minimum absolute atomic E-state index is 0.0875. The highest BCUT2D eigenvalue weighted by Crippen LogP contribution is 2.23. The van der Waals surface area contributed by atoms with Gasteiger partial charge in [0.2, 0.25) is 0 Å². The van der Waals surface area contributed by atoms with Gasteiger partial charge in [0.1, 0.15) is 4.88 Å². The van der Waals surface area contributed by atoms with Crippen LogP contribution in [0.15, 0.2) is 0 Å². The van der Waals surface area contributed by atoms with Gasteiger partial charge in [0.25, 0.3) is 5.91 Å². The summed E-state index contributed by atoms with van der Waals surface area (Å²) in [6.07, 6.45) is 2.18. The molecule has 1 aromatic heterocycles.